The normalized spacial score (nSPS) is 14.1. The maximum Gasteiger partial charge on any atom is 0.401 e. The fourth-order valence-corrected chi connectivity index (χ4v) is 2.09. The summed E-state index contributed by atoms with van der Waals surface area (Å²) in [4.78, 5) is 0.160. The standard InChI is InChI=1S/C12H16F3NO3S/c1-9(7-16-8-12(13,14)15)19-10-3-5-11(6-4-10)20(2,17)18/h3-6,9,16H,7-8H2,1-2H3. The summed E-state index contributed by atoms with van der Waals surface area (Å²) in [6.07, 6.45) is -3.63. The quantitative estimate of drug-likeness (QED) is 0.873. The van der Waals surface area contributed by atoms with Gasteiger partial charge in [0.1, 0.15) is 11.9 Å². The van der Waals surface area contributed by atoms with Gasteiger partial charge in [-0.15, -0.1) is 0 Å². The van der Waals surface area contributed by atoms with Gasteiger partial charge in [-0.2, -0.15) is 13.2 Å². The molecule has 0 fully saturated rings. The molecule has 1 aromatic carbocycles. The average Bonchev–Trinajstić information content (AvgIpc) is 2.26. The molecule has 0 aliphatic rings. The molecule has 0 radical (unpaired) electrons. The van der Waals surface area contributed by atoms with E-state index in [1.165, 1.54) is 24.3 Å². The minimum atomic E-state index is -4.25. The highest BCUT2D eigenvalue weighted by atomic mass is 32.2. The zero-order valence-electron chi connectivity index (χ0n) is 11.1. The molecule has 1 atom stereocenters. The third kappa shape index (κ3) is 6.25. The van der Waals surface area contributed by atoms with E-state index in [2.05, 4.69) is 5.32 Å². The number of rotatable bonds is 6. The second kappa shape index (κ2) is 6.45. The largest absolute Gasteiger partial charge is 0.489 e. The highest BCUT2D eigenvalue weighted by Gasteiger charge is 2.26. The lowest BCUT2D eigenvalue weighted by molar-refractivity contribution is -0.125. The van der Waals surface area contributed by atoms with Crippen molar-refractivity contribution in [3.05, 3.63) is 24.3 Å². The lowest BCUT2D eigenvalue weighted by atomic mass is 10.3. The molecule has 114 valence electrons. The highest BCUT2D eigenvalue weighted by molar-refractivity contribution is 7.90. The first kappa shape index (κ1) is 16.8. The first-order valence-electron chi connectivity index (χ1n) is 5.82. The molecule has 0 aromatic heterocycles. The van der Waals surface area contributed by atoms with Gasteiger partial charge < -0.3 is 10.1 Å². The minimum Gasteiger partial charge on any atom is -0.489 e. The van der Waals surface area contributed by atoms with E-state index in [0.29, 0.717) is 5.75 Å². The monoisotopic (exact) mass is 311 g/mol. The van der Waals surface area contributed by atoms with Crippen molar-refractivity contribution in [2.75, 3.05) is 19.3 Å². The number of alkyl halides is 3. The topological polar surface area (TPSA) is 55.4 Å². The van der Waals surface area contributed by atoms with Crippen LogP contribution in [0.2, 0.25) is 0 Å². The molecule has 4 nitrogen and oxygen atoms in total. The molecule has 1 N–H and O–H groups in total. The number of benzene rings is 1. The van der Waals surface area contributed by atoms with Crippen LogP contribution in [0.4, 0.5) is 13.2 Å². The molecule has 1 rings (SSSR count). The summed E-state index contributed by atoms with van der Waals surface area (Å²) in [5.74, 6) is 0.402. The summed E-state index contributed by atoms with van der Waals surface area (Å²) in [6, 6.07) is 5.72. The fourth-order valence-electron chi connectivity index (χ4n) is 1.46. The van der Waals surface area contributed by atoms with Gasteiger partial charge >= 0.3 is 6.18 Å². The summed E-state index contributed by atoms with van der Waals surface area (Å²) >= 11 is 0. The predicted octanol–water partition coefficient (Wildman–Crippen LogP) is 2.01. The molecule has 1 unspecified atom stereocenters. The third-order valence-electron chi connectivity index (χ3n) is 2.35. The van der Waals surface area contributed by atoms with E-state index in [-0.39, 0.29) is 11.4 Å². The van der Waals surface area contributed by atoms with Gasteiger partial charge in [0.2, 0.25) is 0 Å². The fraction of sp³-hybridized carbons (Fsp3) is 0.500. The van der Waals surface area contributed by atoms with Gasteiger partial charge in [-0.05, 0) is 31.2 Å². The minimum absolute atomic E-state index is 0.0351. The molecule has 0 saturated carbocycles. The summed E-state index contributed by atoms with van der Waals surface area (Å²) in [5.41, 5.74) is 0. The van der Waals surface area contributed by atoms with Gasteiger partial charge in [0.15, 0.2) is 9.84 Å². The summed E-state index contributed by atoms with van der Waals surface area (Å²) in [6.45, 7) is 0.578. The lowest BCUT2D eigenvalue weighted by Gasteiger charge is -2.16. The molecule has 0 spiro atoms. The molecule has 0 saturated heterocycles. The van der Waals surface area contributed by atoms with E-state index < -0.39 is 28.7 Å². The molecule has 8 heteroatoms. The van der Waals surface area contributed by atoms with Gasteiger partial charge in [-0.25, -0.2) is 8.42 Å². The van der Waals surface area contributed by atoms with E-state index in [1.54, 1.807) is 6.92 Å². The average molecular weight is 311 g/mol. The predicted molar refractivity (Wildman–Crippen MR) is 68.6 cm³/mol. The van der Waals surface area contributed by atoms with Crippen LogP contribution in [0, 0.1) is 0 Å². The Morgan fingerprint density at radius 1 is 1.25 bits per heavy atom. The van der Waals surface area contributed by atoms with E-state index >= 15 is 0 Å². The van der Waals surface area contributed by atoms with Crippen molar-refractivity contribution in [1.29, 1.82) is 0 Å². The molecular formula is C12H16F3NO3S. The maximum absolute atomic E-state index is 11.9. The molecule has 1 aromatic rings. The SMILES string of the molecule is CC(CNCC(F)(F)F)Oc1ccc(S(C)(=O)=O)cc1. The van der Waals surface area contributed by atoms with Crippen LogP contribution in [0.25, 0.3) is 0 Å². The first-order valence-corrected chi connectivity index (χ1v) is 7.71. The van der Waals surface area contributed by atoms with Crippen LogP contribution in [0.3, 0.4) is 0 Å². The Labute approximate surface area is 115 Å². The number of ether oxygens (including phenoxy) is 1. The van der Waals surface area contributed by atoms with Crippen LogP contribution in [0.1, 0.15) is 6.92 Å². The Kier molecular flexibility index (Phi) is 5.41. The van der Waals surface area contributed by atoms with E-state index in [4.69, 9.17) is 4.74 Å². The molecule has 0 aliphatic heterocycles. The zero-order chi connectivity index (χ0) is 15.4. The van der Waals surface area contributed by atoms with Gasteiger partial charge in [-0.3, -0.25) is 0 Å². The van der Waals surface area contributed by atoms with Gasteiger partial charge in [0.25, 0.3) is 0 Å². The third-order valence-corrected chi connectivity index (χ3v) is 3.47. The summed E-state index contributed by atoms with van der Waals surface area (Å²) in [7, 11) is -3.27. The van der Waals surface area contributed by atoms with Crippen LogP contribution in [-0.4, -0.2) is 40.0 Å². The Morgan fingerprint density at radius 3 is 2.25 bits per heavy atom. The number of hydrogen-bond donors (Lipinski definition) is 1. The molecule has 0 amide bonds. The van der Waals surface area contributed by atoms with Gasteiger partial charge in [-0.1, -0.05) is 0 Å². The van der Waals surface area contributed by atoms with E-state index in [9.17, 15) is 21.6 Å². The van der Waals surface area contributed by atoms with Crippen molar-refractivity contribution in [3.63, 3.8) is 0 Å². The van der Waals surface area contributed by atoms with Crippen LogP contribution in [0.5, 0.6) is 5.75 Å². The van der Waals surface area contributed by atoms with Crippen LogP contribution in [0.15, 0.2) is 29.2 Å². The zero-order valence-corrected chi connectivity index (χ0v) is 11.9. The van der Waals surface area contributed by atoms with Crippen molar-refractivity contribution >= 4 is 9.84 Å². The second-order valence-electron chi connectivity index (χ2n) is 4.42. The molecule has 0 bridgehead atoms. The van der Waals surface area contributed by atoms with Crippen molar-refractivity contribution in [1.82, 2.24) is 5.32 Å². The summed E-state index contributed by atoms with van der Waals surface area (Å²) < 4.78 is 63.6. The highest BCUT2D eigenvalue weighted by Crippen LogP contribution is 2.17. The molecule has 0 aliphatic carbocycles. The summed E-state index contributed by atoms with van der Waals surface area (Å²) in [5, 5.41) is 2.24. The van der Waals surface area contributed by atoms with Crippen LogP contribution >= 0.6 is 0 Å². The molecular weight excluding hydrogens is 295 g/mol. The van der Waals surface area contributed by atoms with E-state index in [1.807, 2.05) is 0 Å². The Hall–Kier alpha value is -1.28. The number of halogens is 3. The van der Waals surface area contributed by atoms with Crippen LogP contribution in [-0.2, 0) is 9.84 Å². The number of nitrogens with one attached hydrogen (secondary N) is 1. The van der Waals surface area contributed by atoms with Gasteiger partial charge in [0.05, 0.1) is 11.4 Å². The number of sulfone groups is 1. The van der Waals surface area contributed by atoms with Crippen molar-refractivity contribution in [2.24, 2.45) is 0 Å². The first-order chi connectivity index (χ1) is 9.08. The lowest BCUT2D eigenvalue weighted by Crippen LogP contribution is -2.35. The molecule has 20 heavy (non-hydrogen) atoms. The van der Waals surface area contributed by atoms with Crippen molar-refractivity contribution < 1.29 is 26.3 Å². The Balaban J connectivity index is 2.48. The maximum atomic E-state index is 11.9. The van der Waals surface area contributed by atoms with Gasteiger partial charge in [0, 0.05) is 12.8 Å². The second-order valence-corrected chi connectivity index (χ2v) is 6.43. The Morgan fingerprint density at radius 2 is 1.80 bits per heavy atom. The van der Waals surface area contributed by atoms with E-state index in [0.717, 1.165) is 6.26 Å². The van der Waals surface area contributed by atoms with Crippen molar-refractivity contribution in [2.45, 2.75) is 24.1 Å². The molecule has 0 heterocycles. The smallest absolute Gasteiger partial charge is 0.401 e. The van der Waals surface area contributed by atoms with Crippen LogP contribution < -0.4 is 10.1 Å². The Bertz CT molecular complexity index is 526. The van der Waals surface area contributed by atoms with Crippen molar-refractivity contribution in [3.8, 4) is 5.75 Å². The number of hydrogen-bond acceptors (Lipinski definition) is 4.